The number of rotatable bonds is 9. The molecule has 4 atom stereocenters. The van der Waals surface area contributed by atoms with Crippen molar-refractivity contribution in [2.24, 2.45) is 17.8 Å². The zero-order valence-corrected chi connectivity index (χ0v) is 20.7. The van der Waals surface area contributed by atoms with Crippen LogP contribution in [0.1, 0.15) is 108 Å². The molecule has 0 spiro atoms. The van der Waals surface area contributed by atoms with Gasteiger partial charge in [-0.2, -0.15) is 0 Å². The number of hydrogen-bond acceptors (Lipinski definition) is 0. The molecular formula is C31H42F2. The van der Waals surface area contributed by atoms with Gasteiger partial charge in [-0.1, -0.05) is 69.7 Å². The van der Waals surface area contributed by atoms with Gasteiger partial charge in [0.2, 0.25) is 0 Å². The van der Waals surface area contributed by atoms with Crippen LogP contribution < -0.4 is 0 Å². The standard InChI is InChI=1S/C31H42F2/c1-3-5-7-9-10-22-12-13-24-19-25(15-14-23(24)18-22)26-16-17-27-20-28(11-8-6-4-2)30(32)31(33)29(27)21-26/h4,6,16-17,20-25H,3,5,7-15,18-19H2,1-2H3/b6-4+/t22?,23-,24?,25-/m1/s1. The van der Waals surface area contributed by atoms with E-state index in [-0.39, 0.29) is 0 Å². The molecule has 0 radical (unpaired) electrons. The molecule has 180 valence electrons. The minimum atomic E-state index is -0.665. The predicted octanol–water partition coefficient (Wildman–Crippen LogP) is 9.90. The summed E-state index contributed by atoms with van der Waals surface area (Å²) >= 11 is 0. The van der Waals surface area contributed by atoms with Gasteiger partial charge in [-0.25, -0.2) is 8.78 Å². The van der Waals surface area contributed by atoms with Crippen molar-refractivity contribution in [3.05, 3.63) is 59.2 Å². The van der Waals surface area contributed by atoms with Gasteiger partial charge in [0.15, 0.2) is 11.6 Å². The van der Waals surface area contributed by atoms with E-state index >= 15 is 0 Å². The van der Waals surface area contributed by atoms with Crippen LogP contribution in [0.4, 0.5) is 8.78 Å². The Morgan fingerprint density at radius 2 is 1.73 bits per heavy atom. The van der Waals surface area contributed by atoms with Gasteiger partial charge in [-0.3, -0.25) is 0 Å². The Morgan fingerprint density at radius 3 is 2.55 bits per heavy atom. The molecule has 0 amide bonds. The van der Waals surface area contributed by atoms with Crippen molar-refractivity contribution >= 4 is 10.8 Å². The van der Waals surface area contributed by atoms with Crippen molar-refractivity contribution in [1.82, 2.24) is 0 Å². The summed E-state index contributed by atoms with van der Waals surface area (Å²) in [6, 6.07) is 8.00. The summed E-state index contributed by atoms with van der Waals surface area (Å²) in [5, 5.41) is 1.28. The molecule has 2 aliphatic carbocycles. The predicted molar refractivity (Wildman–Crippen MR) is 137 cm³/mol. The fourth-order valence-electron chi connectivity index (χ4n) is 6.65. The molecule has 2 unspecified atom stereocenters. The molecule has 2 aromatic carbocycles. The summed E-state index contributed by atoms with van der Waals surface area (Å²) < 4.78 is 29.7. The summed E-state index contributed by atoms with van der Waals surface area (Å²) in [7, 11) is 0. The summed E-state index contributed by atoms with van der Waals surface area (Å²) in [5.41, 5.74) is 1.69. The molecule has 2 fully saturated rings. The number of hydrogen-bond donors (Lipinski definition) is 0. The first kappa shape index (κ1) is 24.4. The average molecular weight is 453 g/mol. The second kappa shape index (κ2) is 11.6. The lowest BCUT2D eigenvalue weighted by Gasteiger charge is -2.42. The Kier molecular flexibility index (Phi) is 8.61. The summed E-state index contributed by atoms with van der Waals surface area (Å²) in [5.74, 6) is 1.82. The first-order chi connectivity index (χ1) is 16.1. The van der Waals surface area contributed by atoms with Crippen LogP contribution in [0, 0.1) is 29.4 Å². The topological polar surface area (TPSA) is 0 Å². The highest BCUT2D eigenvalue weighted by Crippen LogP contribution is 2.48. The van der Waals surface area contributed by atoms with E-state index in [4.69, 9.17) is 0 Å². The second-order valence-electron chi connectivity index (χ2n) is 10.8. The molecule has 0 bridgehead atoms. The van der Waals surface area contributed by atoms with Crippen LogP contribution in [0.2, 0.25) is 0 Å². The Hall–Kier alpha value is -1.70. The Labute approximate surface area is 199 Å². The van der Waals surface area contributed by atoms with Gasteiger partial charge < -0.3 is 0 Å². The zero-order chi connectivity index (χ0) is 23.2. The normalized spacial score (nSPS) is 25.6. The molecule has 4 rings (SSSR count). The van der Waals surface area contributed by atoms with Crippen LogP contribution in [0.5, 0.6) is 0 Å². The molecule has 2 aromatic rings. The maximum atomic E-state index is 15.0. The van der Waals surface area contributed by atoms with Crippen LogP contribution in [0.25, 0.3) is 10.8 Å². The van der Waals surface area contributed by atoms with Crippen LogP contribution >= 0.6 is 0 Å². The smallest absolute Gasteiger partial charge is 0.166 e. The fourth-order valence-corrected chi connectivity index (χ4v) is 6.65. The van der Waals surface area contributed by atoms with E-state index in [0.717, 1.165) is 29.6 Å². The van der Waals surface area contributed by atoms with Crippen molar-refractivity contribution in [2.45, 2.75) is 103 Å². The van der Waals surface area contributed by atoms with Crippen molar-refractivity contribution in [1.29, 1.82) is 0 Å². The highest BCUT2D eigenvalue weighted by molar-refractivity contribution is 5.85. The molecule has 0 nitrogen and oxygen atoms in total. The largest absolute Gasteiger partial charge is 0.203 e. The Morgan fingerprint density at radius 1 is 0.909 bits per heavy atom. The SMILES string of the molecule is C/C=C/CCc1cc2ccc([C@@H]3CC[C@@H]4CC(CCCCCC)CCC4C3)cc2c(F)c1F. The van der Waals surface area contributed by atoms with Crippen molar-refractivity contribution in [2.75, 3.05) is 0 Å². The number of allylic oxidation sites excluding steroid dienone is 2. The second-order valence-corrected chi connectivity index (χ2v) is 10.8. The molecule has 0 heterocycles. The first-order valence-electron chi connectivity index (χ1n) is 13.6. The summed E-state index contributed by atoms with van der Waals surface area (Å²) in [6.45, 7) is 4.24. The van der Waals surface area contributed by atoms with Gasteiger partial charge in [0.05, 0.1) is 0 Å². The summed E-state index contributed by atoms with van der Waals surface area (Å²) in [6.07, 6.45) is 20.1. The van der Waals surface area contributed by atoms with Crippen LogP contribution in [-0.2, 0) is 6.42 Å². The maximum absolute atomic E-state index is 15.0. The lowest BCUT2D eigenvalue weighted by molar-refractivity contribution is 0.113. The monoisotopic (exact) mass is 452 g/mol. The van der Waals surface area contributed by atoms with Gasteiger partial charge >= 0.3 is 0 Å². The third kappa shape index (κ3) is 5.87. The Balaban J connectivity index is 1.41. The third-order valence-electron chi connectivity index (χ3n) is 8.59. The zero-order valence-electron chi connectivity index (χ0n) is 20.7. The molecule has 0 N–H and O–H groups in total. The van der Waals surface area contributed by atoms with Gasteiger partial charge in [0.25, 0.3) is 0 Å². The number of fused-ring (bicyclic) bond motifs is 2. The van der Waals surface area contributed by atoms with Crippen LogP contribution in [0.3, 0.4) is 0 Å². The molecular weight excluding hydrogens is 410 g/mol. The number of unbranched alkanes of at least 4 members (excludes halogenated alkanes) is 3. The van der Waals surface area contributed by atoms with E-state index in [1.54, 1.807) is 0 Å². The lowest BCUT2D eigenvalue weighted by atomic mass is 9.63. The maximum Gasteiger partial charge on any atom is 0.166 e. The third-order valence-corrected chi connectivity index (χ3v) is 8.59. The van der Waals surface area contributed by atoms with Crippen molar-refractivity contribution in [3.63, 3.8) is 0 Å². The summed E-state index contributed by atoms with van der Waals surface area (Å²) in [4.78, 5) is 0. The number of aryl methyl sites for hydroxylation is 1. The van der Waals surface area contributed by atoms with E-state index in [1.165, 1.54) is 76.2 Å². The highest BCUT2D eigenvalue weighted by Gasteiger charge is 2.35. The quantitative estimate of drug-likeness (QED) is 0.262. The van der Waals surface area contributed by atoms with E-state index in [1.807, 2.05) is 37.3 Å². The minimum absolute atomic E-state index is 0.456. The minimum Gasteiger partial charge on any atom is -0.203 e. The Bertz CT molecular complexity index is 944. The fraction of sp³-hybridized carbons (Fsp3) is 0.613. The van der Waals surface area contributed by atoms with Gasteiger partial charge in [0, 0.05) is 5.39 Å². The van der Waals surface area contributed by atoms with E-state index in [2.05, 4.69) is 13.0 Å². The molecule has 0 aliphatic heterocycles. The molecule has 2 saturated carbocycles. The number of halogens is 2. The average Bonchev–Trinajstić information content (AvgIpc) is 2.84. The molecule has 2 aliphatic rings. The van der Waals surface area contributed by atoms with Gasteiger partial charge in [-0.05, 0) is 104 Å². The van der Waals surface area contributed by atoms with Crippen molar-refractivity contribution < 1.29 is 8.78 Å². The van der Waals surface area contributed by atoms with Crippen LogP contribution in [-0.4, -0.2) is 0 Å². The van der Waals surface area contributed by atoms with Crippen LogP contribution in [0.15, 0.2) is 36.4 Å². The molecule has 0 saturated heterocycles. The van der Waals surface area contributed by atoms with Crippen molar-refractivity contribution in [3.8, 4) is 0 Å². The van der Waals surface area contributed by atoms with Gasteiger partial charge in [-0.15, -0.1) is 0 Å². The lowest BCUT2D eigenvalue weighted by Crippen LogP contribution is -2.30. The van der Waals surface area contributed by atoms with E-state index < -0.39 is 11.6 Å². The molecule has 33 heavy (non-hydrogen) atoms. The highest BCUT2D eigenvalue weighted by atomic mass is 19.2. The molecule has 0 aromatic heterocycles. The van der Waals surface area contributed by atoms with Gasteiger partial charge in [0.1, 0.15) is 0 Å². The molecule has 2 heteroatoms. The number of benzene rings is 2. The first-order valence-corrected chi connectivity index (χ1v) is 13.6. The van der Waals surface area contributed by atoms with E-state index in [0.29, 0.717) is 23.3 Å². The van der Waals surface area contributed by atoms with E-state index in [9.17, 15) is 8.78 Å².